The Morgan fingerprint density at radius 1 is 1.47 bits per heavy atom. The molecule has 1 fully saturated rings. The van der Waals surface area contributed by atoms with Gasteiger partial charge < -0.3 is 5.32 Å². The fourth-order valence-electron chi connectivity index (χ4n) is 2.24. The lowest BCUT2D eigenvalue weighted by atomic mass is 9.83. The van der Waals surface area contributed by atoms with Crippen LogP contribution in [0, 0.1) is 0 Å². The van der Waals surface area contributed by atoms with E-state index in [-0.39, 0.29) is 5.54 Å². The summed E-state index contributed by atoms with van der Waals surface area (Å²) >= 11 is 3.52. The maximum atomic E-state index is 13.4. The Hall–Kier alpha value is -0.410. The number of piperidine rings is 1. The summed E-state index contributed by atoms with van der Waals surface area (Å²) in [4.78, 5) is 0. The van der Waals surface area contributed by atoms with E-state index in [9.17, 15) is 4.39 Å². The minimum Gasteiger partial charge on any atom is -0.307 e. The van der Waals surface area contributed by atoms with Gasteiger partial charge in [-0.25, -0.2) is 4.39 Å². The largest absolute Gasteiger partial charge is 0.307 e. The summed E-state index contributed by atoms with van der Waals surface area (Å²) < 4.78 is 14.5. The van der Waals surface area contributed by atoms with E-state index in [2.05, 4.69) is 34.2 Å². The summed E-state index contributed by atoms with van der Waals surface area (Å²) in [6.45, 7) is 2.82. The molecule has 1 aliphatic heterocycles. The van der Waals surface area contributed by atoms with Gasteiger partial charge in [0.15, 0.2) is 0 Å². The molecule has 2 unspecified atom stereocenters. The Kier molecular flexibility index (Phi) is 3.12. The van der Waals surface area contributed by atoms with Gasteiger partial charge in [0.2, 0.25) is 0 Å². The second-order valence-corrected chi connectivity index (χ2v) is 5.18. The monoisotopic (exact) mass is 271 g/mol. The molecule has 1 heterocycles. The molecule has 15 heavy (non-hydrogen) atoms. The van der Waals surface area contributed by atoms with Gasteiger partial charge in [0.25, 0.3) is 0 Å². The van der Waals surface area contributed by atoms with Crippen molar-refractivity contribution in [3.63, 3.8) is 0 Å². The zero-order valence-electron chi connectivity index (χ0n) is 8.76. The van der Waals surface area contributed by atoms with Crippen molar-refractivity contribution < 1.29 is 4.39 Å². The Labute approximate surface area is 98.2 Å². The fourth-order valence-corrected chi connectivity index (χ4v) is 2.96. The molecule has 2 rings (SSSR count). The van der Waals surface area contributed by atoms with Crippen molar-refractivity contribution in [3.05, 3.63) is 34.3 Å². The maximum Gasteiger partial charge on any atom is 0.103 e. The first kappa shape index (κ1) is 11.1. The number of rotatable bonds is 1. The zero-order chi connectivity index (χ0) is 10.9. The van der Waals surface area contributed by atoms with Crippen molar-refractivity contribution in [3.8, 4) is 0 Å². The van der Waals surface area contributed by atoms with Gasteiger partial charge in [0, 0.05) is 16.4 Å². The van der Waals surface area contributed by atoms with Crippen LogP contribution in [0.3, 0.4) is 0 Å². The highest BCUT2D eigenvalue weighted by Crippen LogP contribution is 2.35. The molecule has 1 N–H and O–H groups in total. The van der Waals surface area contributed by atoms with Crippen molar-refractivity contribution >= 4 is 15.9 Å². The molecule has 2 atom stereocenters. The Balaban J connectivity index is 2.32. The highest BCUT2D eigenvalue weighted by Gasteiger charge is 2.34. The molecule has 1 nitrogen and oxygen atoms in total. The van der Waals surface area contributed by atoms with Crippen LogP contribution in [0.25, 0.3) is 0 Å². The molecular formula is C12H15BrFN. The van der Waals surface area contributed by atoms with Crippen molar-refractivity contribution in [1.29, 1.82) is 0 Å². The SMILES string of the molecule is CC1(c2ccccc2Br)CC(F)CCN1. The summed E-state index contributed by atoms with van der Waals surface area (Å²) in [5, 5.41) is 3.41. The molecule has 1 aromatic rings. The van der Waals surface area contributed by atoms with Crippen molar-refractivity contribution in [2.24, 2.45) is 0 Å². The van der Waals surface area contributed by atoms with Crippen LogP contribution < -0.4 is 5.32 Å². The molecule has 1 aromatic carbocycles. The Morgan fingerprint density at radius 2 is 2.20 bits per heavy atom. The fraction of sp³-hybridized carbons (Fsp3) is 0.500. The number of hydrogen-bond acceptors (Lipinski definition) is 1. The molecule has 3 heteroatoms. The van der Waals surface area contributed by atoms with Gasteiger partial charge in [-0.15, -0.1) is 0 Å². The molecule has 0 amide bonds. The number of hydrogen-bond donors (Lipinski definition) is 1. The Bertz CT molecular complexity index is 355. The molecule has 0 spiro atoms. The highest BCUT2D eigenvalue weighted by atomic mass is 79.9. The van der Waals surface area contributed by atoms with Crippen LogP contribution in [0.1, 0.15) is 25.3 Å². The smallest absolute Gasteiger partial charge is 0.103 e. The van der Waals surface area contributed by atoms with E-state index < -0.39 is 6.17 Å². The summed E-state index contributed by atoms with van der Waals surface area (Å²) in [5.74, 6) is 0. The van der Waals surface area contributed by atoms with Crippen LogP contribution in [0.5, 0.6) is 0 Å². The van der Waals surface area contributed by atoms with E-state index >= 15 is 0 Å². The number of alkyl halides is 1. The van der Waals surface area contributed by atoms with Crippen LogP contribution in [0.15, 0.2) is 28.7 Å². The number of nitrogens with one attached hydrogen (secondary N) is 1. The van der Waals surface area contributed by atoms with Crippen molar-refractivity contribution in [2.75, 3.05) is 6.54 Å². The van der Waals surface area contributed by atoms with E-state index in [1.807, 2.05) is 18.2 Å². The van der Waals surface area contributed by atoms with Gasteiger partial charge in [0.1, 0.15) is 6.17 Å². The lowest BCUT2D eigenvalue weighted by molar-refractivity contribution is 0.164. The van der Waals surface area contributed by atoms with E-state index in [0.29, 0.717) is 12.8 Å². The van der Waals surface area contributed by atoms with Gasteiger partial charge in [-0.2, -0.15) is 0 Å². The predicted molar refractivity (Wildman–Crippen MR) is 63.6 cm³/mol. The van der Waals surface area contributed by atoms with Crippen molar-refractivity contribution in [2.45, 2.75) is 31.5 Å². The van der Waals surface area contributed by atoms with E-state index in [1.54, 1.807) is 0 Å². The Morgan fingerprint density at radius 3 is 2.87 bits per heavy atom. The lowest BCUT2D eigenvalue weighted by Crippen LogP contribution is -2.47. The average Bonchev–Trinajstić information content (AvgIpc) is 2.17. The molecule has 0 radical (unpaired) electrons. The first-order valence-corrected chi connectivity index (χ1v) is 6.05. The van der Waals surface area contributed by atoms with Gasteiger partial charge in [0.05, 0.1) is 0 Å². The zero-order valence-corrected chi connectivity index (χ0v) is 10.3. The molecular weight excluding hydrogens is 257 g/mol. The van der Waals surface area contributed by atoms with E-state index in [4.69, 9.17) is 0 Å². The summed E-state index contributed by atoms with van der Waals surface area (Å²) in [5.41, 5.74) is 0.907. The van der Waals surface area contributed by atoms with Gasteiger partial charge in [-0.1, -0.05) is 34.1 Å². The second kappa shape index (κ2) is 4.22. The predicted octanol–water partition coefficient (Wildman–Crippen LogP) is 3.39. The summed E-state index contributed by atoms with van der Waals surface area (Å²) in [6.07, 6.45) is 0.485. The number of halogens is 2. The van der Waals surface area contributed by atoms with Gasteiger partial charge >= 0.3 is 0 Å². The minimum absolute atomic E-state index is 0.238. The third-order valence-corrected chi connectivity index (χ3v) is 3.76. The highest BCUT2D eigenvalue weighted by molar-refractivity contribution is 9.10. The second-order valence-electron chi connectivity index (χ2n) is 4.33. The molecule has 82 valence electrons. The van der Waals surface area contributed by atoms with E-state index in [1.165, 1.54) is 0 Å². The quantitative estimate of drug-likeness (QED) is 0.826. The normalized spacial score (nSPS) is 31.5. The third-order valence-electron chi connectivity index (χ3n) is 3.07. The third kappa shape index (κ3) is 2.23. The molecule has 0 aliphatic carbocycles. The van der Waals surface area contributed by atoms with Crippen molar-refractivity contribution in [1.82, 2.24) is 5.32 Å². The molecule has 0 saturated carbocycles. The van der Waals surface area contributed by atoms with Crippen LogP contribution >= 0.6 is 15.9 Å². The number of benzene rings is 1. The molecule has 0 bridgehead atoms. The maximum absolute atomic E-state index is 13.4. The first-order valence-electron chi connectivity index (χ1n) is 5.26. The summed E-state index contributed by atoms with van der Waals surface area (Å²) in [6, 6.07) is 8.03. The standard InChI is InChI=1S/C12H15BrFN/c1-12(8-9(14)6-7-15-12)10-4-2-3-5-11(10)13/h2-5,9,15H,6-8H2,1H3. The lowest BCUT2D eigenvalue weighted by Gasteiger charge is -2.37. The van der Waals surface area contributed by atoms with Crippen LogP contribution in [0.2, 0.25) is 0 Å². The van der Waals surface area contributed by atoms with Crippen LogP contribution in [-0.4, -0.2) is 12.7 Å². The minimum atomic E-state index is -0.691. The van der Waals surface area contributed by atoms with Gasteiger partial charge in [-0.3, -0.25) is 0 Å². The van der Waals surface area contributed by atoms with Crippen LogP contribution in [0.4, 0.5) is 4.39 Å². The summed E-state index contributed by atoms with van der Waals surface area (Å²) in [7, 11) is 0. The first-order chi connectivity index (χ1) is 7.12. The van der Waals surface area contributed by atoms with Gasteiger partial charge in [-0.05, 0) is 31.5 Å². The van der Waals surface area contributed by atoms with Crippen LogP contribution in [-0.2, 0) is 5.54 Å². The van der Waals surface area contributed by atoms with E-state index in [0.717, 1.165) is 16.6 Å². The molecule has 1 aliphatic rings. The average molecular weight is 272 g/mol. The topological polar surface area (TPSA) is 12.0 Å². The molecule has 0 aromatic heterocycles. The molecule has 1 saturated heterocycles.